The van der Waals surface area contributed by atoms with Gasteiger partial charge >= 0.3 is 0 Å². The van der Waals surface area contributed by atoms with E-state index in [0.717, 1.165) is 34.8 Å². The first-order valence-corrected chi connectivity index (χ1v) is 8.21. The zero-order chi connectivity index (χ0) is 15.9. The van der Waals surface area contributed by atoms with E-state index in [-0.39, 0.29) is 0 Å². The van der Waals surface area contributed by atoms with Gasteiger partial charge in [0.1, 0.15) is 18.0 Å². The highest BCUT2D eigenvalue weighted by Gasteiger charge is 2.00. The van der Waals surface area contributed by atoms with Crippen LogP contribution in [0.4, 0.5) is 17.3 Å². The molecule has 0 saturated carbocycles. The lowest BCUT2D eigenvalue weighted by Gasteiger charge is -2.09. The van der Waals surface area contributed by atoms with E-state index in [0.29, 0.717) is 0 Å². The van der Waals surface area contributed by atoms with Crippen molar-refractivity contribution in [2.24, 2.45) is 0 Å². The minimum absolute atomic E-state index is 0.764. The number of hydrogen-bond acceptors (Lipinski definition) is 4. The molecule has 3 aromatic rings. The summed E-state index contributed by atoms with van der Waals surface area (Å²) in [6, 6.07) is 20.3. The maximum absolute atomic E-state index is 4.26. The molecule has 0 radical (unpaired) electrons. The lowest BCUT2D eigenvalue weighted by Crippen LogP contribution is -2.07. The van der Waals surface area contributed by atoms with Gasteiger partial charge in [-0.25, -0.2) is 9.97 Å². The van der Waals surface area contributed by atoms with E-state index in [1.807, 2.05) is 36.4 Å². The topological polar surface area (TPSA) is 49.8 Å². The van der Waals surface area contributed by atoms with Gasteiger partial charge in [0.05, 0.1) is 0 Å². The van der Waals surface area contributed by atoms with Crippen LogP contribution in [-0.2, 0) is 6.42 Å². The Balaban J connectivity index is 1.59. The third kappa shape index (κ3) is 4.79. The van der Waals surface area contributed by atoms with Crippen molar-refractivity contribution in [2.45, 2.75) is 6.42 Å². The van der Waals surface area contributed by atoms with Gasteiger partial charge in [0, 0.05) is 22.8 Å². The van der Waals surface area contributed by atoms with Gasteiger partial charge in [-0.3, -0.25) is 0 Å². The minimum Gasteiger partial charge on any atom is -0.370 e. The second-order valence-corrected chi connectivity index (χ2v) is 6.00. The van der Waals surface area contributed by atoms with Gasteiger partial charge in [-0.1, -0.05) is 52.3 Å². The fourth-order valence-electron chi connectivity index (χ4n) is 2.22. The molecule has 0 amide bonds. The van der Waals surface area contributed by atoms with E-state index in [9.17, 15) is 0 Å². The van der Waals surface area contributed by atoms with E-state index in [1.165, 1.54) is 5.56 Å². The van der Waals surface area contributed by atoms with Gasteiger partial charge in [0.2, 0.25) is 0 Å². The predicted molar refractivity (Wildman–Crippen MR) is 98.1 cm³/mol. The smallest absolute Gasteiger partial charge is 0.135 e. The summed E-state index contributed by atoms with van der Waals surface area (Å²) >= 11 is 3.46. The molecule has 4 nitrogen and oxygen atoms in total. The molecule has 0 saturated heterocycles. The van der Waals surface area contributed by atoms with Crippen molar-refractivity contribution >= 4 is 33.3 Å². The molecular weight excluding hydrogens is 352 g/mol. The average Bonchev–Trinajstić information content (AvgIpc) is 2.56. The standard InChI is InChI=1S/C18H17BrN4/c19-15-7-4-8-16(11-15)23-18-12-17(21-13-22-18)20-10-9-14-5-2-1-3-6-14/h1-8,11-13H,9-10H2,(H2,20,21,22,23). The maximum atomic E-state index is 4.26. The third-order valence-corrected chi connectivity index (χ3v) is 3.82. The Morgan fingerprint density at radius 3 is 2.52 bits per heavy atom. The molecule has 0 unspecified atom stereocenters. The number of benzene rings is 2. The summed E-state index contributed by atoms with van der Waals surface area (Å²) in [6.07, 6.45) is 2.52. The highest BCUT2D eigenvalue weighted by Crippen LogP contribution is 2.20. The largest absolute Gasteiger partial charge is 0.370 e. The summed E-state index contributed by atoms with van der Waals surface area (Å²) in [6.45, 7) is 0.831. The lowest BCUT2D eigenvalue weighted by molar-refractivity contribution is 1.000. The van der Waals surface area contributed by atoms with Gasteiger partial charge in [0.25, 0.3) is 0 Å². The summed E-state index contributed by atoms with van der Waals surface area (Å²) in [7, 11) is 0. The molecule has 1 heterocycles. The number of hydrogen-bond donors (Lipinski definition) is 2. The molecule has 2 N–H and O–H groups in total. The molecule has 23 heavy (non-hydrogen) atoms. The number of anilines is 3. The molecule has 0 aliphatic rings. The summed E-state index contributed by atoms with van der Waals surface area (Å²) in [5.74, 6) is 1.58. The molecule has 0 bridgehead atoms. The van der Waals surface area contributed by atoms with Crippen LogP contribution in [0, 0.1) is 0 Å². The lowest BCUT2D eigenvalue weighted by atomic mass is 10.1. The van der Waals surface area contributed by atoms with Crippen LogP contribution in [0.5, 0.6) is 0 Å². The van der Waals surface area contributed by atoms with E-state index in [1.54, 1.807) is 6.33 Å². The molecular formula is C18H17BrN4. The van der Waals surface area contributed by atoms with Gasteiger partial charge < -0.3 is 10.6 Å². The predicted octanol–water partition coefficient (Wildman–Crippen LogP) is 4.64. The van der Waals surface area contributed by atoms with Crippen molar-refractivity contribution in [1.29, 1.82) is 0 Å². The molecule has 1 aromatic heterocycles. The van der Waals surface area contributed by atoms with Gasteiger partial charge in [-0.05, 0) is 30.2 Å². The van der Waals surface area contributed by atoms with Crippen LogP contribution in [-0.4, -0.2) is 16.5 Å². The molecule has 0 aliphatic carbocycles. The van der Waals surface area contributed by atoms with Crippen LogP contribution in [0.3, 0.4) is 0 Å². The average molecular weight is 369 g/mol. The molecule has 116 valence electrons. The van der Waals surface area contributed by atoms with Crippen LogP contribution in [0.2, 0.25) is 0 Å². The van der Waals surface area contributed by atoms with Crippen molar-refractivity contribution < 1.29 is 0 Å². The molecule has 3 rings (SSSR count). The number of rotatable bonds is 6. The Bertz CT molecular complexity index is 762. The normalized spacial score (nSPS) is 10.3. The first kappa shape index (κ1) is 15.5. The van der Waals surface area contributed by atoms with Gasteiger partial charge in [0.15, 0.2) is 0 Å². The zero-order valence-corrected chi connectivity index (χ0v) is 14.1. The van der Waals surface area contributed by atoms with Crippen molar-refractivity contribution in [3.8, 4) is 0 Å². The van der Waals surface area contributed by atoms with Crippen molar-refractivity contribution in [3.63, 3.8) is 0 Å². The number of aromatic nitrogens is 2. The Kier molecular flexibility index (Phi) is 5.21. The maximum Gasteiger partial charge on any atom is 0.135 e. The molecule has 0 spiro atoms. The fraction of sp³-hybridized carbons (Fsp3) is 0.111. The van der Waals surface area contributed by atoms with Gasteiger partial charge in [-0.2, -0.15) is 0 Å². The van der Waals surface area contributed by atoms with Crippen molar-refractivity contribution in [3.05, 3.63) is 77.0 Å². The first-order valence-electron chi connectivity index (χ1n) is 7.42. The number of nitrogens with one attached hydrogen (secondary N) is 2. The van der Waals surface area contributed by atoms with Crippen LogP contribution in [0.25, 0.3) is 0 Å². The summed E-state index contributed by atoms with van der Waals surface area (Å²) in [5, 5.41) is 6.60. The number of nitrogens with zero attached hydrogens (tertiary/aromatic N) is 2. The van der Waals surface area contributed by atoms with Crippen LogP contribution in [0.15, 0.2) is 71.5 Å². The van der Waals surface area contributed by atoms with E-state index >= 15 is 0 Å². The minimum atomic E-state index is 0.764. The van der Waals surface area contributed by atoms with Crippen molar-refractivity contribution in [1.82, 2.24) is 9.97 Å². The van der Waals surface area contributed by atoms with Crippen LogP contribution < -0.4 is 10.6 Å². The Morgan fingerprint density at radius 1 is 0.870 bits per heavy atom. The number of halogens is 1. The SMILES string of the molecule is Brc1cccc(Nc2cc(NCCc3ccccc3)ncn2)c1. The highest BCUT2D eigenvalue weighted by atomic mass is 79.9. The Morgan fingerprint density at radius 2 is 1.70 bits per heavy atom. The highest BCUT2D eigenvalue weighted by molar-refractivity contribution is 9.10. The third-order valence-electron chi connectivity index (χ3n) is 3.33. The van der Waals surface area contributed by atoms with Crippen LogP contribution in [0.1, 0.15) is 5.56 Å². The van der Waals surface area contributed by atoms with E-state index in [4.69, 9.17) is 0 Å². The first-order chi connectivity index (χ1) is 11.3. The Hall–Kier alpha value is -2.40. The molecule has 2 aromatic carbocycles. The van der Waals surface area contributed by atoms with E-state index in [2.05, 4.69) is 60.8 Å². The zero-order valence-electron chi connectivity index (χ0n) is 12.5. The molecule has 0 atom stereocenters. The summed E-state index contributed by atoms with van der Waals surface area (Å²) in [5.41, 5.74) is 2.29. The van der Waals surface area contributed by atoms with Crippen LogP contribution >= 0.6 is 15.9 Å². The summed E-state index contributed by atoms with van der Waals surface area (Å²) in [4.78, 5) is 8.51. The summed E-state index contributed by atoms with van der Waals surface area (Å²) < 4.78 is 1.03. The second-order valence-electron chi connectivity index (χ2n) is 5.09. The monoisotopic (exact) mass is 368 g/mol. The second kappa shape index (κ2) is 7.74. The van der Waals surface area contributed by atoms with Gasteiger partial charge in [-0.15, -0.1) is 0 Å². The quantitative estimate of drug-likeness (QED) is 0.665. The van der Waals surface area contributed by atoms with E-state index < -0.39 is 0 Å². The molecule has 5 heteroatoms. The fourth-order valence-corrected chi connectivity index (χ4v) is 2.62. The molecule has 0 fully saturated rings. The van der Waals surface area contributed by atoms with Crippen molar-refractivity contribution in [2.75, 3.05) is 17.2 Å². The Labute approximate surface area is 144 Å². The molecule has 0 aliphatic heterocycles.